The molecule has 2 amide bonds. The van der Waals surface area contributed by atoms with Crippen molar-refractivity contribution in [2.45, 2.75) is 13.3 Å². The number of amides is 2. The quantitative estimate of drug-likeness (QED) is 0.710. The van der Waals surface area contributed by atoms with Crippen LogP contribution in [0.25, 0.3) is 6.08 Å². The maximum atomic E-state index is 13.8. The maximum Gasteiger partial charge on any atom is 0.246 e. The largest absolute Gasteiger partial charge is 0.337 e. The molecule has 158 valence electrons. The first kappa shape index (κ1) is 22.0. The summed E-state index contributed by atoms with van der Waals surface area (Å²) in [6.45, 7) is 4.54. The molecule has 0 unspecified atom stereocenters. The third-order valence-electron chi connectivity index (χ3n) is 5.12. The van der Waals surface area contributed by atoms with Crippen molar-refractivity contribution in [1.29, 1.82) is 0 Å². The third-order valence-corrected chi connectivity index (χ3v) is 5.45. The number of carbonyl (C=O) groups is 2. The van der Waals surface area contributed by atoms with E-state index in [2.05, 4.69) is 12.2 Å². The summed E-state index contributed by atoms with van der Waals surface area (Å²) in [5, 5.41) is 3.23. The molecular formula is C23H25ClFN3O2. The second-order valence-electron chi connectivity index (χ2n) is 7.13. The number of rotatable bonds is 6. The lowest BCUT2D eigenvalue weighted by molar-refractivity contribution is -0.127. The molecule has 0 aliphatic carbocycles. The van der Waals surface area contributed by atoms with E-state index in [-0.39, 0.29) is 28.9 Å². The number of benzene rings is 2. The first-order valence-electron chi connectivity index (χ1n) is 9.99. The van der Waals surface area contributed by atoms with Gasteiger partial charge in [0.2, 0.25) is 11.8 Å². The lowest BCUT2D eigenvalue weighted by Crippen LogP contribution is -2.50. The van der Waals surface area contributed by atoms with Crippen LogP contribution in [-0.4, -0.2) is 54.3 Å². The Bertz CT molecular complexity index is 920. The van der Waals surface area contributed by atoms with Gasteiger partial charge in [-0.1, -0.05) is 42.8 Å². The van der Waals surface area contributed by atoms with Crippen molar-refractivity contribution in [1.82, 2.24) is 9.80 Å². The molecule has 0 bridgehead atoms. The normalized spacial score (nSPS) is 14.8. The summed E-state index contributed by atoms with van der Waals surface area (Å²) in [6.07, 6.45) is 3.60. The van der Waals surface area contributed by atoms with Crippen LogP contribution in [0, 0.1) is 5.82 Å². The zero-order valence-corrected chi connectivity index (χ0v) is 17.7. The van der Waals surface area contributed by atoms with Gasteiger partial charge in [0.05, 0.1) is 11.6 Å². The molecule has 1 fully saturated rings. The molecule has 0 atom stereocenters. The number of hydrogen-bond acceptors (Lipinski definition) is 3. The third kappa shape index (κ3) is 5.68. The molecule has 0 saturated carbocycles. The molecule has 0 radical (unpaired) electrons. The highest BCUT2D eigenvalue weighted by Crippen LogP contribution is 2.20. The van der Waals surface area contributed by atoms with Gasteiger partial charge in [0, 0.05) is 43.5 Å². The zero-order valence-electron chi connectivity index (χ0n) is 16.9. The zero-order chi connectivity index (χ0) is 21.5. The summed E-state index contributed by atoms with van der Waals surface area (Å²) in [7, 11) is 0. The summed E-state index contributed by atoms with van der Waals surface area (Å²) in [5.74, 6) is -0.730. The number of anilines is 1. The first-order chi connectivity index (χ1) is 14.5. The van der Waals surface area contributed by atoms with Crippen LogP contribution < -0.4 is 5.32 Å². The molecule has 30 heavy (non-hydrogen) atoms. The first-order valence-corrected chi connectivity index (χ1v) is 10.4. The molecule has 3 rings (SSSR count). The van der Waals surface area contributed by atoms with Crippen molar-refractivity contribution in [2.75, 3.05) is 38.0 Å². The van der Waals surface area contributed by atoms with Crippen LogP contribution in [0.2, 0.25) is 5.02 Å². The summed E-state index contributed by atoms with van der Waals surface area (Å²) in [5.41, 5.74) is 2.15. The predicted molar refractivity (Wildman–Crippen MR) is 118 cm³/mol. The smallest absolute Gasteiger partial charge is 0.246 e. The van der Waals surface area contributed by atoms with Crippen LogP contribution >= 0.6 is 11.6 Å². The van der Waals surface area contributed by atoms with E-state index in [1.54, 1.807) is 11.0 Å². The van der Waals surface area contributed by atoms with Crippen LogP contribution in [-0.2, 0) is 16.0 Å². The SMILES string of the molecule is CCc1ccccc1NC(=O)CN1CCN(C(=O)C=Cc2c(F)cccc2Cl)CC1. The van der Waals surface area contributed by atoms with Gasteiger partial charge in [0.25, 0.3) is 0 Å². The van der Waals surface area contributed by atoms with Gasteiger partial charge < -0.3 is 10.2 Å². The Labute approximate surface area is 181 Å². The van der Waals surface area contributed by atoms with Gasteiger partial charge in [-0.05, 0) is 36.3 Å². The lowest BCUT2D eigenvalue weighted by atomic mass is 10.1. The Morgan fingerprint density at radius 1 is 1.10 bits per heavy atom. The van der Waals surface area contributed by atoms with Gasteiger partial charge in [-0.25, -0.2) is 4.39 Å². The topological polar surface area (TPSA) is 52.7 Å². The molecule has 5 nitrogen and oxygen atoms in total. The number of nitrogens with zero attached hydrogens (tertiary/aromatic N) is 2. The van der Waals surface area contributed by atoms with E-state index in [0.717, 1.165) is 17.7 Å². The van der Waals surface area contributed by atoms with Crippen molar-refractivity contribution in [3.8, 4) is 0 Å². The predicted octanol–water partition coefficient (Wildman–Crippen LogP) is 3.84. The number of halogens is 2. The van der Waals surface area contributed by atoms with Crippen molar-refractivity contribution >= 4 is 35.2 Å². The Balaban J connectivity index is 1.49. The van der Waals surface area contributed by atoms with Gasteiger partial charge in [-0.2, -0.15) is 0 Å². The molecule has 1 heterocycles. The monoisotopic (exact) mass is 429 g/mol. The minimum absolute atomic E-state index is 0.0650. The molecule has 2 aromatic carbocycles. The maximum absolute atomic E-state index is 13.8. The summed E-state index contributed by atoms with van der Waals surface area (Å²) in [4.78, 5) is 28.5. The van der Waals surface area contributed by atoms with Crippen molar-refractivity contribution < 1.29 is 14.0 Å². The molecule has 1 saturated heterocycles. The summed E-state index contributed by atoms with van der Waals surface area (Å²) >= 11 is 5.98. The van der Waals surface area contributed by atoms with E-state index in [1.807, 2.05) is 29.2 Å². The number of nitrogens with one attached hydrogen (secondary N) is 1. The fourth-order valence-electron chi connectivity index (χ4n) is 3.40. The van der Waals surface area contributed by atoms with E-state index >= 15 is 0 Å². The van der Waals surface area contributed by atoms with E-state index in [4.69, 9.17) is 11.6 Å². The molecule has 0 spiro atoms. The van der Waals surface area contributed by atoms with E-state index in [0.29, 0.717) is 26.2 Å². The molecule has 1 aliphatic heterocycles. The van der Waals surface area contributed by atoms with Crippen LogP contribution in [0.1, 0.15) is 18.1 Å². The number of para-hydroxylation sites is 1. The highest BCUT2D eigenvalue weighted by atomic mass is 35.5. The molecule has 0 aromatic heterocycles. The minimum atomic E-state index is -0.466. The van der Waals surface area contributed by atoms with E-state index < -0.39 is 5.82 Å². The Hall–Kier alpha value is -2.70. The summed E-state index contributed by atoms with van der Waals surface area (Å²) in [6, 6.07) is 12.2. The van der Waals surface area contributed by atoms with Crippen LogP contribution in [0.4, 0.5) is 10.1 Å². The Kier molecular flexibility index (Phi) is 7.60. The molecular weight excluding hydrogens is 405 g/mol. The fraction of sp³-hybridized carbons (Fsp3) is 0.304. The van der Waals surface area contributed by atoms with Gasteiger partial charge >= 0.3 is 0 Å². The van der Waals surface area contributed by atoms with Crippen molar-refractivity contribution in [3.05, 3.63) is 70.5 Å². The second kappa shape index (κ2) is 10.4. The fourth-order valence-corrected chi connectivity index (χ4v) is 3.63. The van der Waals surface area contributed by atoms with Gasteiger partial charge in [-0.3, -0.25) is 14.5 Å². The van der Waals surface area contributed by atoms with Crippen LogP contribution in [0.5, 0.6) is 0 Å². The van der Waals surface area contributed by atoms with Gasteiger partial charge in [-0.15, -0.1) is 0 Å². The molecule has 7 heteroatoms. The number of piperazine rings is 1. The average Bonchev–Trinajstić information content (AvgIpc) is 2.74. The summed E-state index contributed by atoms with van der Waals surface area (Å²) < 4.78 is 13.8. The van der Waals surface area contributed by atoms with E-state index in [9.17, 15) is 14.0 Å². The lowest BCUT2D eigenvalue weighted by Gasteiger charge is -2.33. The Morgan fingerprint density at radius 2 is 1.83 bits per heavy atom. The molecule has 1 aliphatic rings. The second-order valence-corrected chi connectivity index (χ2v) is 7.54. The number of hydrogen-bond donors (Lipinski definition) is 1. The molecule has 1 N–H and O–H groups in total. The standard InChI is InChI=1S/C23H25ClFN3O2/c1-2-17-6-3-4-9-21(17)26-22(29)16-27-12-14-28(15-13-27)23(30)11-10-18-19(24)7-5-8-20(18)25/h3-11H,2,12-16H2,1H3,(H,26,29). The highest BCUT2D eigenvalue weighted by molar-refractivity contribution is 6.32. The van der Waals surface area contributed by atoms with Crippen LogP contribution in [0.15, 0.2) is 48.5 Å². The van der Waals surface area contributed by atoms with Crippen LogP contribution in [0.3, 0.4) is 0 Å². The average molecular weight is 430 g/mol. The van der Waals surface area contributed by atoms with Gasteiger partial charge in [0.1, 0.15) is 5.82 Å². The highest BCUT2D eigenvalue weighted by Gasteiger charge is 2.21. The van der Waals surface area contributed by atoms with E-state index in [1.165, 1.54) is 24.3 Å². The minimum Gasteiger partial charge on any atom is -0.337 e. The van der Waals surface area contributed by atoms with Gasteiger partial charge in [0.15, 0.2) is 0 Å². The Morgan fingerprint density at radius 3 is 2.53 bits per heavy atom. The molecule has 2 aromatic rings. The van der Waals surface area contributed by atoms with Crippen molar-refractivity contribution in [2.24, 2.45) is 0 Å². The number of aryl methyl sites for hydroxylation is 1. The van der Waals surface area contributed by atoms with Crippen molar-refractivity contribution in [3.63, 3.8) is 0 Å². The number of carbonyl (C=O) groups excluding carboxylic acids is 2.